The molecule has 0 aliphatic heterocycles. The van der Waals surface area contributed by atoms with Crippen LogP contribution in [-0.2, 0) is 13.0 Å². The minimum absolute atomic E-state index is 0.0583. The van der Waals surface area contributed by atoms with E-state index in [1.165, 1.54) is 23.8 Å². The Balaban J connectivity index is 1.57. The van der Waals surface area contributed by atoms with E-state index in [2.05, 4.69) is 66.6 Å². The largest absolute Gasteiger partial charge is 0.350 e. The molecule has 3 aromatic heterocycles. The summed E-state index contributed by atoms with van der Waals surface area (Å²) in [5.74, 6) is -0.377. The number of aromatic nitrogens is 4. The van der Waals surface area contributed by atoms with Gasteiger partial charge in [0, 0.05) is 30.1 Å². The van der Waals surface area contributed by atoms with Crippen LogP contribution in [0.1, 0.15) is 43.9 Å². The number of benzene rings is 2. The van der Waals surface area contributed by atoms with Gasteiger partial charge in [0.05, 0.1) is 17.1 Å². The highest BCUT2D eigenvalue weighted by atomic mass is 19.1. The molecule has 0 amide bonds. The van der Waals surface area contributed by atoms with Crippen molar-refractivity contribution in [3.63, 3.8) is 0 Å². The van der Waals surface area contributed by atoms with Crippen molar-refractivity contribution in [2.45, 2.75) is 40.2 Å². The Morgan fingerprint density at radius 3 is 2.49 bits per heavy atom. The number of anilines is 1. The first-order valence-corrected chi connectivity index (χ1v) is 13.2. The molecule has 1 N–H and O–H groups in total. The monoisotopic (exact) mass is 523 g/mol. The number of rotatable bonds is 9. The van der Waals surface area contributed by atoms with E-state index >= 15 is 0 Å². The van der Waals surface area contributed by atoms with E-state index < -0.39 is 11.6 Å². The molecule has 0 bridgehead atoms. The van der Waals surface area contributed by atoms with Crippen molar-refractivity contribution < 1.29 is 8.78 Å². The van der Waals surface area contributed by atoms with Crippen molar-refractivity contribution in [1.29, 1.82) is 0 Å². The molecule has 0 aliphatic carbocycles. The SMILES string of the molecule is C/C=C/c1ccc(-c2nc3cc(CC(C)CC)ccn3c2-c2ccnc(NCc3c(F)cccc3F)n2)cc1. The zero-order valence-electron chi connectivity index (χ0n) is 22.3. The Bertz CT molecular complexity index is 1600. The summed E-state index contributed by atoms with van der Waals surface area (Å²) in [6, 6.07) is 18.1. The molecular weight excluding hydrogens is 492 g/mol. The van der Waals surface area contributed by atoms with Crippen LogP contribution in [0.25, 0.3) is 34.4 Å². The molecule has 7 heteroatoms. The number of nitrogens with one attached hydrogen (secondary N) is 1. The molecule has 0 spiro atoms. The van der Waals surface area contributed by atoms with Gasteiger partial charge < -0.3 is 5.32 Å². The molecular formula is C32H31F2N5. The van der Waals surface area contributed by atoms with Gasteiger partial charge >= 0.3 is 0 Å². The van der Waals surface area contributed by atoms with Crippen LogP contribution < -0.4 is 5.32 Å². The van der Waals surface area contributed by atoms with Gasteiger partial charge in [-0.3, -0.25) is 4.40 Å². The smallest absolute Gasteiger partial charge is 0.223 e. The van der Waals surface area contributed by atoms with E-state index in [4.69, 9.17) is 9.97 Å². The van der Waals surface area contributed by atoms with Crippen LogP contribution in [0.2, 0.25) is 0 Å². The molecule has 1 unspecified atom stereocenters. The number of pyridine rings is 1. The van der Waals surface area contributed by atoms with Gasteiger partial charge in [0.15, 0.2) is 0 Å². The molecule has 3 heterocycles. The molecule has 198 valence electrons. The third-order valence-electron chi connectivity index (χ3n) is 6.90. The van der Waals surface area contributed by atoms with Gasteiger partial charge in [-0.25, -0.2) is 23.7 Å². The maximum atomic E-state index is 14.1. The van der Waals surface area contributed by atoms with Gasteiger partial charge in [0.25, 0.3) is 0 Å². The average Bonchev–Trinajstić information content (AvgIpc) is 3.32. The average molecular weight is 524 g/mol. The molecule has 39 heavy (non-hydrogen) atoms. The van der Waals surface area contributed by atoms with Crippen LogP contribution in [0.4, 0.5) is 14.7 Å². The lowest BCUT2D eigenvalue weighted by atomic mass is 10.00. The van der Waals surface area contributed by atoms with Gasteiger partial charge in [-0.15, -0.1) is 0 Å². The van der Waals surface area contributed by atoms with Crippen LogP contribution in [0.15, 0.2) is 79.1 Å². The second kappa shape index (κ2) is 11.6. The summed E-state index contributed by atoms with van der Waals surface area (Å²) in [5, 5.41) is 2.97. The number of fused-ring (bicyclic) bond motifs is 1. The molecule has 0 fully saturated rings. The van der Waals surface area contributed by atoms with Gasteiger partial charge in [0.1, 0.15) is 17.3 Å². The maximum absolute atomic E-state index is 14.1. The first-order chi connectivity index (χ1) is 19.0. The fourth-order valence-electron chi connectivity index (χ4n) is 4.60. The molecule has 2 aromatic carbocycles. The van der Waals surface area contributed by atoms with Crippen molar-refractivity contribution in [3.05, 3.63) is 107 Å². The van der Waals surface area contributed by atoms with Crippen molar-refractivity contribution >= 4 is 17.7 Å². The topological polar surface area (TPSA) is 55.1 Å². The second-order valence-electron chi connectivity index (χ2n) is 9.73. The Morgan fingerprint density at radius 2 is 1.77 bits per heavy atom. The van der Waals surface area contributed by atoms with E-state index in [1.807, 2.05) is 29.7 Å². The van der Waals surface area contributed by atoms with Crippen LogP contribution in [-0.4, -0.2) is 19.4 Å². The predicted octanol–water partition coefficient (Wildman–Crippen LogP) is 7.97. The molecule has 0 radical (unpaired) electrons. The second-order valence-corrected chi connectivity index (χ2v) is 9.73. The minimum atomic E-state index is -0.614. The summed E-state index contributed by atoms with van der Waals surface area (Å²) in [6.45, 7) is 6.37. The predicted molar refractivity (Wildman–Crippen MR) is 153 cm³/mol. The first-order valence-electron chi connectivity index (χ1n) is 13.2. The lowest BCUT2D eigenvalue weighted by molar-refractivity contribution is 0.559. The number of halogens is 2. The lowest BCUT2D eigenvalue weighted by Gasteiger charge is -2.10. The van der Waals surface area contributed by atoms with Crippen LogP contribution >= 0.6 is 0 Å². The van der Waals surface area contributed by atoms with Crippen LogP contribution in [0.5, 0.6) is 0 Å². The quantitative estimate of drug-likeness (QED) is 0.213. The van der Waals surface area contributed by atoms with Crippen LogP contribution in [0.3, 0.4) is 0 Å². The van der Waals surface area contributed by atoms with Gasteiger partial charge in [0.2, 0.25) is 5.95 Å². The lowest BCUT2D eigenvalue weighted by Crippen LogP contribution is -2.07. The highest BCUT2D eigenvalue weighted by Gasteiger charge is 2.19. The summed E-state index contributed by atoms with van der Waals surface area (Å²) in [6.07, 6.45) is 9.83. The van der Waals surface area contributed by atoms with Crippen molar-refractivity contribution in [3.8, 4) is 22.6 Å². The molecule has 5 aromatic rings. The van der Waals surface area contributed by atoms with E-state index in [1.54, 1.807) is 6.20 Å². The van der Waals surface area contributed by atoms with Crippen molar-refractivity contribution in [2.24, 2.45) is 5.92 Å². The van der Waals surface area contributed by atoms with Gasteiger partial charge in [-0.05, 0) is 60.7 Å². The zero-order valence-corrected chi connectivity index (χ0v) is 22.3. The highest BCUT2D eigenvalue weighted by molar-refractivity contribution is 5.81. The Hall–Kier alpha value is -4.39. The molecule has 1 atom stereocenters. The number of hydrogen-bond donors (Lipinski definition) is 1. The number of hydrogen-bond acceptors (Lipinski definition) is 4. The standard InChI is InChI=1S/C32H31F2N5/c1-4-7-22-10-12-24(13-11-22)30-31(39-17-15-23(18-21(3)5-2)19-29(39)38-30)28-14-16-35-32(37-28)36-20-25-26(33)8-6-9-27(25)34/h4,6-17,19,21H,5,18,20H2,1-3H3,(H,35,36,37)/b7-4+. The molecule has 0 saturated carbocycles. The Kier molecular flexibility index (Phi) is 7.77. The summed E-state index contributed by atoms with van der Waals surface area (Å²) >= 11 is 0. The summed E-state index contributed by atoms with van der Waals surface area (Å²) in [5.41, 5.74) is 6.35. The highest BCUT2D eigenvalue weighted by Crippen LogP contribution is 2.33. The summed E-state index contributed by atoms with van der Waals surface area (Å²) in [4.78, 5) is 14.0. The third-order valence-corrected chi connectivity index (χ3v) is 6.90. The normalized spacial score (nSPS) is 12.3. The Morgan fingerprint density at radius 1 is 1.00 bits per heavy atom. The molecule has 5 nitrogen and oxygen atoms in total. The fourth-order valence-corrected chi connectivity index (χ4v) is 4.60. The third kappa shape index (κ3) is 5.72. The fraction of sp³-hybridized carbons (Fsp3) is 0.219. The zero-order chi connectivity index (χ0) is 27.4. The number of imidazole rings is 1. The van der Waals surface area contributed by atoms with Crippen LogP contribution in [0, 0.1) is 17.6 Å². The molecule has 5 rings (SSSR count). The maximum Gasteiger partial charge on any atom is 0.223 e. The molecule has 0 aliphatic rings. The van der Waals surface area contributed by atoms with E-state index in [0.29, 0.717) is 11.6 Å². The van der Waals surface area contributed by atoms with E-state index in [0.717, 1.165) is 41.0 Å². The van der Waals surface area contributed by atoms with E-state index in [9.17, 15) is 8.78 Å². The van der Waals surface area contributed by atoms with Gasteiger partial charge in [-0.2, -0.15) is 0 Å². The number of allylic oxidation sites excluding steroid dienone is 1. The summed E-state index contributed by atoms with van der Waals surface area (Å²) < 4.78 is 30.3. The summed E-state index contributed by atoms with van der Waals surface area (Å²) in [7, 11) is 0. The molecule has 0 saturated heterocycles. The minimum Gasteiger partial charge on any atom is -0.350 e. The van der Waals surface area contributed by atoms with Crippen molar-refractivity contribution in [1.82, 2.24) is 19.4 Å². The van der Waals surface area contributed by atoms with Crippen molar-refractivity contribution in [2.75, 3.05) is 5.32 Å². The first kappa shape index (κ1) is 26.2. The number of nitrogens with zero attached hydrogens (tertiary/aromatic N) is 4. The van der Waals surface area contributed by atoms with Gasteiger partial charge in [-0.1, -0.05) is 62.8 Å². The Labute approximate surface area is 227 Å². The van der Waals surface area contributed by atoms with E-state index in [-0.39, 0.29) is 18.1 Å².